The predicted octanol–water partition coefficient (Wildman–Crippen LogP) is 4.23. The topological polar surface area (TPSA) is 104 Å². The lowest BCUT2D eigenvalue weighted by atomic mass is 9.83. The molecule has 0 fully saturated rings. The number of benzene rings is 2. The van der Waals surface area contributed by atoms with Gasteiger partial charge in [-0.2, -0.15) is 5.26 Å². The molecule has 0 aliphatic carbocycles. The molecule has 0 saturated heterocycles. The average molecular weight is 434 g/mol. The van der Waals surface area contributed by atoms with Crippen molar-refractivity contribution in [3.05, 3.63) is 81.9 Å². The molecule has 0 amide bonds. The van der Waals surface area contributed by atoms with Gasteiger partial charge in [0, 0.05) is 0 Å². The fourth-order valence-corrected chi connectivity index (χ4v) is 3.60. The first-order valence-electron chi connectivity index (χ1n) is 10.2. The Morgan fingerprint density at radius 1 is 1.19 bits per heavy atom. The molecular formula is C25H26N2O5. The number of esters is 1. The summed E-state index contributed by atoms with van der Waals surface area (Å²) in [7, 11) is 1.55. The number of hydrogen-bond acceptors (Lipinski definition) is 7. The van der Waals surface area contributed by atoms with Crippen molar-refractivity contribution in [2.24, 2.45) is 5.73 Å². The number of nitrogens with two attached hydrogens (primary N) is 1. The fourth-order valence-electron chi connectivity index (χ4n) is 3.60. The Morgan fingerprint density at radius 3 is 2.59 bits per heavy atom. The lowest BCUT2D eigenvalue weighted by Crippen LogP contribution is -2.25. The van der Waals surface area contributed by atoms with Crippen molar-refractivity contribution in [3.63, 3.8) is 0 Å². The first-order valence-corrected chi connectivity index (χ1v) is 10.2. The van der Waals surface area contributed by atoms with Gasteiger partial charge in [0.2, 0.25) is 5.88 Å². The van der Waals surface area contributed by atoms with E-state index in [1.165, 1.54) is 0 Å². The van der Waals surface area contributed by atoms with E-state index in [1.54, 1.807) is 39.2 Å². The van der Waals surface area contributed by atoms with E-state index in [1.807, 2.05) is 31.2 Å². The van der Waals surface area contributed by atoms with Crippen molar-refractivity contribution in [2.45, 2.75) is 33.3 Å². The number of allylic oxidation sites excluding steroid dienone is 2. The van der Waals surface area contributed by atoms with Crippen LogP contribution >= 0.6 is 0 Å². The SMILES string of the molecule is CCOC(=O)C1=C(C)OC(N)=C(C#N)C1c1ccc(OC)c(OCc2ccccc2C)c1. The Balaban J connectivity index is 2.04. The van der Waals surface area contributed by atoms with Gasteiger partial charge in [-0.25, -0.2) is 4.79 Å². The van der Waals surface area contributed by atoms with Crippen LogP contribution in [0.3, 0.4) is 0 Å². The van der Waals surface area contributed by atoms with Crippen molar-refractivity contribution in [2.75, 3.05) is 13.7 Å². The summed E-state index contributed by atoms with van der Waals surface area (Å²) in [5.41, 5.74) is 9.13. The molecule has 166 valence electrons. The minimum Gasteiger partial charge on any atom is -0.493 e. The predicted molar refractivity (Wildman–Crippen MR) is 118 cm³/mol. The Hall–Kier alpha value is -3.92. The van der Waals surface area contributed by atoms with Crippen LogP contribution < -0.4 is 15.2 Å². The van der Waals surface area contributed by atoms with Crippen LogP contribution in [0.4, 0.5) is 0 Å². The Morgan fingerprint density at radius 2 is 1.94 bits per heavy atom. The van der Waals surface area contributed by atoms with Crippen molar-refractivity contribution in [3.8, 4) is 17.6 Å². The van der Waals surface area contributed by atoms with Gasteiger partial charge in [-0.1, -0.05) is 30.3 Å². The number of ether oxygens (including phenoxy) is 4. The summed E-state index contributed by atoms with van der Waals surface area (Å²) < 4.78 is 22.2. The van der Waals surface area contributed by atoms with Gasteiger partial charge in [0.15, 0.2) is 11.5 Å². The lowest BCUT2D eigenvalue weighted by Gasteiger charge is -2.27. The third-order valence-electron chi connectivity index (χ3n) is 5.27. The van der Waals surface area contributed by atoms with Gasteiger partial charge in [-0.05, 0) is 49.6 Å². The second kappa shape index (κ2) is 9.92. The maximum Gasteiger partial charge on any atom is 0.338 e. The van der Waals surface area contributed by atoms with Gasteiger partial charge >= 0.3 is 5.97 Å². The lowest BCUT2D eigenvalue weighted by molar-refractivity contribution is -0.139. The van der Waals surface area contributed by atoms with Crippen molar-refractivity contribution >= 4 is 5.97 Å². The molecular weight excluding hydrogens is 408 g/mol. The number of carbonyl (C=O) groups excluding carboxylic acids is 1. The van der Waals surface area contributed by atoms with Gasteiger partial charge in [0.1, 0.15) is 24.0 Å². The average Bonchev–Trinajstić information content (AvgIpc) is 2.78. The maximum atomic E-state index is 12.7. The van der Waals surface area contributed by atoms with E-state index in [-0.39, 0.29) is 23.6 Å². The molecule has 2 aromatic rings. The summed E-state index contributed by atoms with van der Waals surface area (Å²) >= 11 is 0. The molecule has 1 atom stereocenters. The summed E-state index contributed by atoms with van der Waals surface area (Å²) in [5.74, 6) is -0.0444. The van der Waals surface area contributed by atoms with Crippen LogP contribution in [0.15, 0.2) is 65.3 Å². The number of nitrogens with zero attached hydrogens (tertiary/aromatic N) is 1. The van der Waals surface area contributed by atoms with Gasteiger partial charge in [-0.3, -0.25) is 0 Å². The second-order valence-electron chi connectivity index (χ2n) is 7.24. The highest BCUT2D eigenvalue weighted by molar-refractivity contribution is 5.92. The molecule has 3 rings (SSSR count). The zero-order valence-corrected chi connectivity index (χ0v) is 18.6. The number of hydrogen-bond donors (Lipinski definition) is 1. The summed E-state index contributed by atoms with van der Waals surface area (Å²) in [6, 6.07) is 15.3. The third-order valence-corrected chi connectivity index (χ3v) is 5.27. The Bertz CT molecular complexity index is 1130. The smallest absolute Gasteiger partial charge is 0.338 e. The number of carbonyl (C=O) groups is 1. The standard InChI is InChI=1S/C25H26N2O5/c1-5-30-25(28)22-16(3)32-24(27)19(13-26)23(22)17-10-11-20(29-4)21(12-17)31-14-18-9-7-6-8-15(18)2/h6-12,23H,5,14,27H2,1-4H3. The molecule has 7 heteroatoms. The van der Waals surface area contributed by atoms with E-state index in [0.717, 1.165) is 11.1 Å². The summed E-state index contributed by atoms with van der Waals surface area (Å²) in [4.78, 5) is 12.7. The molecule has 32 heavy (non-hydrogen) atoms. The largest absolute Gasteiger partial charge is 0.493 e. The Labute approximate surface area is 187 Å². The van der Waals surface area contributed by atoms with Crippen LogP contribution in [0, 0.1) is 18.3 Å². The Kier molecular flexibility index (Phi) is 7.06. The van der Waals surface area contributed by atoms with E-state index in [0.29, 0.717) is 29.4 Å². The monoisotopic (exact) mass is 434 g/mol. The minimum atomic E-state index is -0.750. The first-order chi connectivity index (χ1) is 15.4. The van der Waals surface area contributed by atoms with Crippen LogP contribution in [0.1, 0.15) is 36.5 Å². The van der Waals surface area contributed by atoms with E-state index in [4.69, 9.17) is 24.7 Å². The molecule has 1 heterocycles. The quantitative estimate of drug-likeness (QED) is 0.651. The normalized spacial score (nSPS) is 15.7. The highest BCUT2D eigenvalue weighted by Crippen LogP contribution is 2.42. The van der Waals surface area contributed by atoms with Gasteiger partial charge in [0.05, 0.1) is 25.2 Å². The number of aryl methyl sites for hydroxylation is 1. The van der Waals surface area contributed by atoms with Crippen molar-refractivity contribution in [1.82, 2.24) is 0 Å². The van der Waals surface area contributed by atoms with Crippen LogP contribution in [-0.4, -0.2) is 19.7 Å². The van der Waals surface area contributed by atoms with E-state index in [9.17, 15) is 10.1 Å². The molecule has 0 spiro atoms. The third kappa shape index (κ3) is 4.54. The molecule has 0 aromatic heterocycles. The molecule has 0 saturated carbocycles. The van der Waals surface area contributed by atoms with Crippen molar-refractivity contribution in [1.29, 1.82) is 5.26 Å². The van der Waals surface area contributed by atoms with E-state index in [2.05, 4.69) is 6.07 Å². The number of rotatable bonds is 7. The molecule has 2 N–H and O–H groups in total. The van der Waals surface area contributed by atoms with Crippen molar-refractivity contribution < 1.29 is 23.7 Å². The zero-order valence-electron chi connectivity index (χ0n) is 18.6. The highest BCUT2D eigenvalue weighted by Gasteiger charge is 2.36. The van der Waals surface area contributed by atoms with E-state index < -0.39 is 11.9 Å². The molecule has 2 aromatic carbocycles. The van der Waals surface area contributed by atoms with Gasteiger partial charge < -0.3 is 24.7 Å². The van der Waals surface area contributed by atoms with Crippen LogP contribution in [-0.2, 0) is 20.9 Å². The zero-order chi connectivity index (χ0) is 23.3. The molecule has 0 bridgehead atoms. The number of nitriles is 1. The minimum absolute atomic E-state index is 0.0405. The molecule has 1 aliphatic heterocycles. The van der Waals surface area contributed by atoms with Gasteiger partial charge in [-0.15, -0.1) is 0 Å². The summed E-state index contributed by atoms with van der Waals surface area (Å²) in [6.45, 7) is 5.88. The first kappa shape index (κ1) is 22.8. The van der Waals surface area contributed by atoms with Crippen LogP contribution in [0.25, 0.3) is 0 Å². The van der Waals surface area contributed by atoms with Crippen LogP contribution in [0.2, 0.25) is 0 Å². The molecule has 0 radical (unpaired) electrons. The highest BCUT2D eigenvalue weighted by atomic mass is 16.5. The molecule has 1 unspecified atom stereocenters. The van der Waals surface area contributed by atoms with Crippen LogP contribution in [0.5, 0.6) is 11.5 Å². The maximum absolute atomic E-state index is 12.7. The summed E-state index contributed by atoms with van der Waals surface area (Å²) in [6.07, 6.45) is 0. The number of methoxy groups -OCH3 is 1. The second-order valence-corrected chi connectivity index (χ2v) is 7.24. The molecule has 1 aliphatic rings. The van der Waals surface area contributed by atoms with E-state index >= 15 is 0 Å². The molecule has 7 nitrogen and oxygen atoms in total. The summed E-state index contributed by atoms with van der Waals surface area (Å²) in [5, 5.41) is 9.76. The van der Waals surface area contributed by atoms with Gasteiger partial charge in [0.25, 0.3) is 0 Å². The fraction of sp³-hybridized carbons (Fsp3) is 0.280.